The molecule has 0 fully saturated rings. The molecule has 0 bridgehead atoms. The summed E-state index contributed by atoms with van der Waals surface area (Å²) >= 11 is 0. The van der Waals surface area contributed by atoms with Crippen molar-refractivity contribution in [2.24, 2.45) is 0 Å². The van der Waals surface area contributed by atoms with Gasteiger partial charge in [-0.2, -0.15) is 0 Å². The average Bonchev–Trinajstić information content (AvgIpc) is 3.40. The molecule has 1 aliphatic heterocycles. The fourth-order valence-corrected chi connectivity index (χ4v) is 3.56. The van der Waals surface area contributed by atoms with Gasteiger partial charge in [0.05, 0.1) is 34.3 Å². The molecule has 0 atom stereocenters. The number of carbonyl (C=O) groups excluding carboxylic acids is 3. The van der Waals surface area contributed by atoms with Crippen LogP contribution >= 0.6 is 0 Å². The second-order valence-electron chi connectivity index (χ2n) is 7.36. The van der Waals surface area contributed by atoms with Gasteiger partial charge < -0.3 is 20.1 Å². The molecule has 33 heavy (non-hydrogen) atoms. The molecular formula is C23H20N4O6. The van der Waals surface area contributed by atoms with Crippen LogP contribution in [0.5, 0.6) is 0 Å². The third-order valence-electron chi connectivity index (χ3n) is 5.19. The predicted molar refractivity (Wildman–Crippen MR) is 117 cm³/mol. The molecule has 4 rings (SSSR count). The SMILES string of the molecule is CNCCOC(=O)c1ccc(Cc2cnc[nH]2)cc1N1C(=O)c2ccc(C(=O)O)cc2C1=O. The lowest BCUT2D eigenvalue weighted by molar-refractivity contribution is 0.0511. The lowest BCUT2D eigenvalue weighted by Crippen LogP contribution is -2.31. The second kappa shape index (κ2) is 9.05. The van der Waals surface area contributed by atoms with Crippen LogP contribution in [0.2, 0.25) is 0 Å². The Hall–Kier alpha value is -4.31. The van der Waals surface area contributed by atoms with Gasteiger partial charge in [0, 0.05) is 24.9 Å². The summed E-state index contributed by atoms with van der Waals surface area (Å²) in [5.74, 6) is -3.25. The van der Waals surface area contributed by atoms with Gasteiger partial charge in [0.1, 0.15) is 6.61 Å². The Morgan fingerprint density at radius 3 is 2.61 bits per heavy atom. The molecule has 0 saturated heterocycles. The highest BCUT2D eigenvalue weighted by molar-refractivity contribution is 6.35. The molecule has 10 heteroatoms. The lowest BCUT2D eigenvalue weighted by atomic mass is 10.0. The van der Waals surface area contributed by atoms with Gasteiger partial charge in [-0.25, -0.2) is 19.5 Å². The van der Waals surface area contributed by atoms with E-state index < -0.39 is 23.8 Å². The van der Waals surface area contributed by atoms with E-state index in [1.165, 1.54) is 24.5 Å². The number of ether oxygens (including phenoxy) is 1. The van der Waals surface area contributed by atoms with Gasteiger partial charge in [-0.3, -0.25) is 9.59 Å². The van der Waals surface area contributed by atoms with E-state index in [-0.39, 0.29) is 34.5 Å². The maximum atomic E-state index is 13.2. The molecule has 0 spiro atoms. The highest BCUT2D eigenvalue weighted by Crippen LogP contribution is 2.33. The summed E-state index contributed by atoms with van der Waals surface area (Å²) in [6.07, 6.45) is 3.61. The molecule has 10 nitrogen and oxygen atoms in total. The molecule has 168 valence electrons. The first-order chi connectivity index (χ1) is 15.9. The van der Waals surface area contributed by atoms with Crippen molar-refractivity contribution >= 4 is 29.4 Å². The van der Waals surface area contributed by atoms with E-state index in [1.807, 2.05) is 0 Å². The van der Waals surface area contributed by atoms with Gasteiger partial charge in [-0.1, -0.05) is 6.07 Å². The van der Waals surface area contributed by atoms with Crippen LogP contribution in [-0.2, 0) is 11.2 Å². The van der Waals surface area contributed by atoms with Crippen molar-refractivity contribution < 1.29 is 29.0 Å². The number of nitrogens with one attached hydrogen (secondary N) is 2. The Morgan fingerprint density at radius 2 is 1.91 bits per heavy atom. The number of imidazole rings is 1. The summed E-state index contributed by atoms with van der Waals surface area (Å²) in [6.45, 7) is 0.540. The highest BCUT2D eigenvalue weighted by Gasteiger charge is 2.39. The molecule has 1 aliphatic rings. The number of carboxylic acid groups (broad SMARTS) is 1. The van der Waals surface area contributed by atoms with Crippen LogP contribution in [0.1, 0.15) is 52.7 Å². The number of aromatic carboxylic acids is 1. The summed E-state index contributed by atoms with van der Waals surface area (Å²) in [5.41, 5.74) is 1.57. The van der Waals surface area contributed by atoms with Crippen LogP contribution in [0.15, 0.2) is 48.9 Å². The molecule has 3 N–H and O–H groups in total. The monoisotopic (exact) mass is 448 g/mol. The zero-order valence-electron chi connectivity index (χ0n) is 17.6. The van der Waals surface area contributed by atoms with Crippen LogP contribution in [0.25, 0.3) is 0 Å². The van der Waals surface area contributed by atoms with E-state index in [2.05, 4.69) is 15.3 Å². The van der Waals surface area contributed by atoms with Gasteiger partial charge >= 0.3 is 11.9 Å². The van der Waals surface area contributed by atoms with Crippen LogP contribution in [0.3, 0.4) is 0 Å². The standard InChI is InChI=1S/C23H20N4O6/c1-24-6-7-33-23(32)17-4-2-13(8-15-11-25-12-26-15)9-19(17)27-20(28)16-5-3-14(22(30)31)10-18(16)21(27)29/h2-5,9-12,24H,6-8H2,1H3,(H,25,26)(H,30,31). The Morgan fingerprint density at radius 1 is 1.12 bits per heavy atom. The van der Waals surface area contributed by atoms with Gasteiger partial charge in [-0.15, -0.1) is 0 Å². The van der Waals surface area contributed by atoms with Gasteiger partial charge in [-0.05, 0) is 42.9 Å². The molecule has 0 aliphatic carbocycles. The number of esters is 1. The van der Waals surface area contributed by atoms with E-state index in [0.29, 0.717) is 13.0 Å². The number of fused-ring (bicyclic) bond motifs is 1. The minimum atomic E-state index is -1.22. The van der Waals surface area contributed by atoms with Crippen LogP contribution < -0.4 is 10.2 Å². The number of imide groups is 1. The van der Waals surface area contributed by atoms with Crippen LogP contribution in [0.4, 0.5) is 5.69 Å². The number of hydrogen-bond acceptors (Lipinski definition) is 7. The maximum absolute atomic E-state index is 13.2. The first-order valence-electron chi connectivity index (χ1n) is 10.1. The zero-order valence-corrected chi connectivity index (χ0v) is 17.6. The first kappa shape index (κ1) is 21.9. The minimum absolute atomic E-state index is 0.0339. The van der Waals surface area contributed by atoms with Crippen molar-refractivity contribution in [3.05, 3.63) is 82.4 Å². The van der Waals surface area contributed by atoms with E-state index in [9.17, 15) is 24.3 Å². The Balaban J connectivity index is 1.76. The topological polar surface area (TPSA) is 142 Å². The molecule has 0 saturated carbocycles. The number of amides is 2. The van der Waals surface area contributed by atoms with E-state index >= 15 is 0 Å². The molecule has 2 aromatic carbocycles. The maximum Gasteiger partial charge on any atom is 0.340 e. The number of carboxylic acids is 1. The number of H-pyrrole nitrogens is 1. The average molecular weight is 448 g/mol. The summed E-state index contributed by atoms with van der Waals surface area (Å²) in [7, 11) is 1.72. The van der Waals surface area contributed by atoms with Crippen molar-refractivity contribution in [1.82, 2.24) is 15.3 Å². The molecule has 2 amide bonds. The van der Waals surface area contributed by atoms with E-state index in [0.717, 1.165) is 22.2 Å². The van der Waals surface area contributed by atoms with Crippen molar-refractivity contribution in [3.8, 4) is 0 Å². The van der Waals surface area contributed by atoms with Gasteiger partial charge in [0.25, 0.3) is 11.8 Å². The number of benzene rings is 2. The van der Waals surface area contributed by atoms with Gasteiger partial charge in [0.2, 0.25) is 0 Å². The number of aromatic amines is 1. The molecule has 2 heterocycles. The normalized spacial score (nSPS) is 12.7. The summed E-state index contributed by atoms with van der Waals surface area (Å²) in [5, 5.41) is 12.1. The molecule has 0 radical (unpaired) electrons. The summed E-state index contributed by atoms with van der Waals surface area (Å²) in [6, 6.07) is 8.52. The van der Waals surface area contributed by atoms with Crippen molar-refractivity contribution in [2.75, 3.05) is 25.1 Å². The predicted octanol–water partition coefficient (Wildman–Crippen LogP) is 1.88. The molecule has 0 unspecified atom stereocenters. The quantitative estimate of drug-likeness (QED) is 0.269. The van der Waals surface area contributed by atoms with Crippen LogP contribution in [-0.4, -0.2) is 59.0 Å². The molecular weight excluding hydrogens is 428 g/mol. The third kappa shape index (κ3) is 4.23. The Bertz CT molecular complexity index is 1250. The molecule has 3 aromatic rings. The number of likely N-dealkylation sites (N-methyl/N-ethyl adjacent to an activating group) is 1. The minimum Gasteiger partial charge on any atom is -0.478 e. The number of rotatable bonds is 8. The highest BCUT2D eigenvalue weighted by atomic mass is 16.5. The van der Waals surface area contributed by atoms with Crippen molar-refractivity contribution in [3.63, 3.8) is 0 Å². The van der Waals surface area contributed by atoms with Gasteiger partial charge in [0.15, 0.2) is 0 Å². The van der Waals surface area contributed by atoms with E-state index in [4.69, 9.17) is 4.74 Å². The number of hydrogen-bond donors (Lipinski definition) is 3. The fraction of sp³-hybridized carbons (Fsp3) is 0.174. The fourth-order valence-electron chi connectivity index (χ4n) is 3.56. The van der Waals surface area contributed by atoms with E-state index in [1.54, 1.807) is 25.4 Å². The Labute approximate surface area is 188 Å². The zero-order chi connectivity index (χ0) is 23.5. The lowest BCUT2D eigenvalue weighted by Gasteiger charge is -2.19. The number of carbonyl (C=O) groups is 4. The summed E-state index contributed by atoms with van der Waals surface area (Å²) in [4.78, 5) is 58.2. The van der Waals surface area contributed by atoms with Crippen molar-refractivity contribution in [2.45, 2.75) is 6.42 Å². The molecule has 1 aromatic heterocycles. The Kier molecular flexibility index (Phi) is 6.01. The number of nitrogens with zero attached hydrogens (tertiary/aromatic N) is 2. The largest absolute Gasteiger partial charge is 0.478 e. The third-order valence-corrected chi connectivity index (χ3v) is 5.19. The summed E-state index contributed by atoms with van der Waals surface area (Å²) < 4.78 is 5.27. The second-order valence-corrected chi connectivity index (χ2v) is 7.36. The first-order valence-corrected chi connectivity index (χ1v) is 10.1. The smallest absolute Gasteiger partial charge is 0.340 e. The number of aromatic nitrogens is 2. The van der Waals surface area contributed by atoms with Crippen LogP contribution in [0, 0.1) is 0 Å². The van der Waals surface area contributed by atoms with Crippen molar-refractivity contribution in [1.29, 1.82) is 0 Å². The number of anilines is 1.